The predicted octanol–water partition coefficient (Wildman–Crippen LogP) is 6.33. The monoisotopic (exact) mass is 401 g/mol. The van der Waals surface area contributed by atoms with Gasteiger partial charge in [0.25, 0.3) is 0 Å². The number of fused-ring (bicyclic) bond motifs is 5. The Balaban J connectivity index is 1.52. The van der Waals surface area contributed by atoms with Gasteiger partial charge in [0.05, 0.1) is 6.10 Å². The third-order valence-electron chi connectivity index (χ3n) is 10.5. The van der Waals surface area contributed by atoms with E-state index < -0.39 is 0 Å². The highest BCUT2D eigenvalue weighted by atomic mass is 16.3. The van der Waals surface area contributed by atoms with Gasteiger partial charge in [-0.3, -0.25) is 0 Å². The van der Waals surface area contributed by atoms with E-state index in [1.165, 1.54) is 56.9 Å². The van der Waals surface area contributed by atoms with E-state index in [9.17, 15) is 5.11 Å². The van der Waals surface area contributed by atoms with Crippen molar-refractivity contribution >= 4 is 0 Å². The van der Waals surface area contributed by atoms with E-state index in [2.05, 4.69) is 40.7 Å². The molecule has 0 aliphatic heterocycles. The molecular weight excluding hydrogens is 354 g/mol. The second-order valence-electron chi connectivity index (χ2n) is 12.4. The first-order chi connectivity index (χ1) is 13.7. The van der Waals surface area contributed by atoms with Gasteiger partial charge >= 0.3 is 0 Å². The lowest BCUT2D eigenvalue weighted by Crippen LogP contribution is -2.58. The van der Waals surface area contributed by atoms with E-state index in [0.29, 0.717) is 5.41 Å². The molecular formula is C27H47NO. The standard InChI is InChI=1S/C27H47NO/c1-17(2)7-6-8-18(3)22-11-12-23-21-10-9-19-15-20(29)16-25(28)27(19,5)24(21)13-14-26(22,23)4/h9,17-18,20-25,29H,6-8,10-16,28H2,1-5H3/t18-,20-,21+,22-,23+,24+,25?,26-,27+/m1/s1. The van der Waals surface area contributed by atoms with E-state index >= 15 is 0 Å². The van der Waals surface area contributed by atoms with Gasteiger partial charge in [-0.2, -0.15) is 0 Å². The molecule has 0 aromatic heterocycles. The SMILES string of the molecule is CC(C)CCC[C@@H](C)[C@H]1CC[C@H]2[C@@H]3CC=C4C[C@@H](O)CC(N)[C@]4(C)[C@H]3CC[C@]12C. The van der Waals surface area contributed by atoms with Crippen molar-refractivity contribution in [3.63, 3.8) is 0 Å². The minimum Gasteiger partial charge on any atom is -0.393 e. The maximum Gasteiger partial charge on any atom is 0.0592 e. The minimum atomic E-state index is -0.225. The maximum absolute atomic E-state index is 10.3. The molecule has 0 heterocycles. The summed E-state index contributed by atoms with van der Waals surface area (Å²) in [7, 11) is 0. The van der Waals surface area contributed by atoms with Crippen LogP contribution in [-0.4, -0.2) is 17.3 Å². The van der Waals surface area contributed by atoms with Crippen molar-refractivity contribution in [3.8, 4) is 0 Å². The summed E-state index contributed by atoms with van der Waals surface area (Å²) in [5, 5.41) is 10.3. The van der Waals surface area contributed by atoms with Crippen LogP contribution in [0.3, 0.4) is 0 Å². The molecule has 3 saturated carbocycles. The quantitative estimate of drug-likeness (QED) is 0.529. The van der Waals surface area contributed by atoms with Crippen molar-refractivity contribution in [2.45, 2.75) is 111 Å². The van der Waals surface area contributed by atoms with Gasteiger partial charge in [-0.15, -0.1) is 0 Å². The summed E-state index contributed by atoms with van der Waals surface area (Å²) in [5.41, 5.74) is 8.91. The molecule has 9 atom stereocenters. The molecule has 29 heavy (non-hydrogen) atoms. The lowest BCUT2D eigenvalue weighted by Gasteiger charge is -2.60. The van der Waals surface area contributed by atoms with Gasteiger partial charge in [0, 0.05) is 11.5 Å². The van der Waals surface area contributed by atoms with Crippen LogP contribution in [0.25, 0.3) is 0 Å². The highest BCUT2D eigenvalue weighted by Gasteiger charge is 2.60. The number of aliphatic hydroxyl groups is 1. The molecule has 0 radical (unpaired) electrons. The number of hydrogen-bond acceptors (Lipinski definition) is 2. The third-order valence-corrected chi connectivity index (χ3v) is 10.5. The Bertz CT molecular complexity index is 626. The first kappa shape index (κ1) is 21.9. The molecule has 1 unspecified atom stereocenters. The predicted molar refractivity (Wildman–Crippen MR) is 122 cm³/mol. The molecule has 2 heteroatoms. The summed E-state index contributed by atoms with van der Waals surface area (Å²) < 4.78 is 0. The lowest BCUT2D eigenvalue weighted by molar-refractivity contribution is -0.0638. The summed E-state index contributed by atoms with van der Waals surface area (Å²) in [6.45, 7) is 12.4. The third kappa shape index (κ3) is 3.55. The fourth-order valence-corrected chi connectivity index (χ4v) is 8.81. The topological polar surface area (TPSA) is 46.2 Å². The molecule has 3 fully saturated rings. The van der Waals surface area contributed by atoms with E-state index in [-0.39, 0.29) is 17.6 Å². The van der Waals surface area contributed by atoms with Gasteiger partial charge in [0.2, 0.25) is 0 Å². The first-order valence-corrected chi connectivity index (χ1v) is 12.8. The molecule has 0 saturated heterocycles. The van der Waals surface area contributed by atoms with Gasteiger partial charge < -0.3 is 10.8 Å². The van der Waals surface area contributed by atoms with Crippen LogP contribution < -0.4 is 5.73 Å². The number of aliphatic hydroxyl groups excluding tert-OH is 1. The molecule has 0 aromatic carbocycles. The summed E-state index contributed by atoms with van der Waals surface area (Å²) in [6.07, 6.45) is 15.0. The highest BCUT2D eigenvalue weighted by molar-refractivity contribution is 5.28. The Labute approximate surface area is 180 Å². The van der Waals surface area contributed by atoms with Crippen molar-refractivity contribution in [3.05, 3.63) is 11.6 Å². The van der Waals surface area contributed by atoms with Gasteiger partial charge in [0.15, 0.2) is 0 Å². The van der Waals surface area contributed by atoms with E-state index in [1.54, 1.807) is 0 Å². The molecule has 166 valence electrons. The number of nitrogens with two attached hydrogens (primary N) is 1. The van der Waals surface area contributed by atoms with E-state index in [0.717, 1.165) is 48.3 Å². The van der Waals surface area contributed by atoms with E-state index in [1.807, 2.05) is 0 Å². The lowest BCUT2D eigenvalue weighted by atomic mass is 9.46. The van der Waals surface area contributed by atoms with Crippen molar-refractivity contribution in [2.75, 3.05) is 0 Å². The Morgan fingerprint density at radius 1 is 1.10 bits per heavy atom. The fraction of sp³-hybridized carbons (Fsp3) is 0.926. The van der Waals surface area contributed by atoms with Crippen LogP contribution in [0.15, 0.2) is 11.6 Å². The van der Waals surface area contributed by atoms with Crippen LogP contribution in [0.4, 0.5) is 0 Å². The smallest absolute Gasteiger partial charge is 0.0592 e. The maximum atomic E-state index is 10.3. The van der Waals surface area contributed by atoms with Crippen molar-refractivity contribution in [1.29, 1.82) is 0 Å². The van der Waals surface area contributed by atoms with Crippen LogP contribution in [0, 0.1) is 46.3 Å². The second-order valence-corrected chi connectivity index (χ2v) is 12.4. The zero-order valence-electron chi connectivity index (χ0n) is 19.8. The Morgan fingerprint density at radius 3 is 2.59 bits per heavy atom. The molecule has 4 aliphatic carbocycles. The van der Waals surface area contributed by atoms with Crippen LogP contribution in [0.1, 0.15) is 98.8 Å². The summed E-state index contributed by atoms with van der Waals surface area (Å²) in [6, 6.07) is 0.127. The Kier molecular flexibility index (Phi) is 6.01. The fourth-order valence-electron chi connectivity index (χ4n) is 8.81. The molecule has 0 spiro atoms. The van der Waals surface area contributed by atoms with Crippen LogP contribution in [0.5, 0.6) is 0 Å². The zero-order valence-corrected chi connectivity index (χ0v) is 19.8. The Morgan fingerprint density at radius 2 is 1.86 bits per heavy atom. The van der Waals surface area contributed by atoms with Gasteiger partial charge in [-0.25, -0.2) is 0 Å². The van der Waals surface area contributed by atoms with Crippen LogP contribution in [0.2, 0.25) is 0 Å². The van der Waals surface area contributed by atoms with E-state index in [4.69, 9.17) is 5.73 Å². The van der Waals surface area contributed by atoms with Crippen molar-refractivity contribution < 1.29 is 5.11 Å². The van der Waals surface area contributed by atoms with Gasteiger partial charge in [-0.05, 0) is 85.9 Å². The van der Waals surface area contributed by atoms with Crippen molar-refractivity contribution in [2.24, 2.45) is 52.1 Å². The largest absolute Gasteiger partial charge is 0.393 e. The molecule has 3 N–H and O–H groups in total. The molecule has 4 aliphatic rings. The van der Waals surface area contributed by atoms with Crippen LogP contribution in [-0.2, 0) is 0 Å². The molecule has 2 nitrogen and oxygen atoms in total. The molecule has 0 aromatic rings. The average molecular weight is 402 g/mol. The number of hydrogen-bond donors (Lipinski definition) is 2. The molecule has 4 rings (SSSR count). The average Bonchev–Trinajstić information content (AvgIpc) is 3.00. The minimum absolute atomic E-state index is 0.127. The summed E-state index contributed by atoms with van der Waals surface area (Å²) in [5.74, 6) is 5.06. The zero-order chi connectivity index (χ0) is 21.0. The summed E-state index contributed by atoms with van der Waals surface area (Å²) in [4.78, 5) is 0. The highest BCUT2D eigenvalue weighted by Crippen LogP contribution is 2.67. The molecule has 0 bridgehead atoms. The normalized spacial score (nSPS) is 47.9. The summed E-state index contributed by atoms with van der Waals surface area (Å²) >= 11 is 0. The first-order valence-electron chi connectivity index (χ1n) is 12.8. The molecule has 0 amide bonds. The second kappa shape index (κ2) is 7.97. The number of allylic oxidation sites excluding steroid dienone is 1. The Hall–Kier alpha value is -0.340. The number of rotatable bonds is 5. The van der Waals surface area contributed by atoms with Crippen molar-refractivity contribution in [1.82, 2.24) is 0 Å². The van der Waals surface area contributed by atoms with Gasteiger partial charge in [0.1, 0.15) is 0 Å². The van der Waals surface area contributed by atoms with Gasteiger partial charge in [-0.1, -0.05) is 65.5 Å². The van der Waals surface area contributed by atoms with Crippen LogP contribution >= 0.6 is 0 Å².